The lowest BCUT2D eigenvalue weighted by Gasteiger charge is -1.91. The molecule has 9 heavy (non-hydrogen) atoms. The van der Waals surface area contributed by atoms with Crippen LogP contribution in [0.2, 0.25) is 0 Å². The molecule has 0 rings (SSSR count). The van der Waals surface area contributed by atoms with Gasteiger partial charge in [-0.25, -0.2) is 0 Å². The number of alkyl halides is 1. The van der Waals surface area contributed by atoms with E-state index in [0.717, 1.165) is 0 Å². The van der Waals surface area contributed by atoms with E-state index in [1.807, 2.05) is 0 Å². The molecule has 0 aliphatic rings. The number of hydrogen-bond acceptors (Lipinski definition) is 3. The lowest BCUT2D eigenvalue weighted by Crippen LogP contribution is -2.10. The van der Waals surface area contributed by atoms with Crippen molar-refractivity contribution >= 4 is 27.4 Å². The van der Waals surface area contributed by atoms with Crippen molar-refractivity contribution in [2.45, 2.75) is 6.92 Å². The number of oxime groups is 1. The van der Waals surface area contributed by atoms with Crippen molar-refractivity contribution in [2.75, 3.05) is 12.4 Å². The van der Waals surface area contributed by atoms with Gasteiger partial charge in [0.2, 0.25) is 0 Å². The van der Waals surface area contributed by atoms with Crippen molar-refractivity contribution in [3.63, 3.8) is 0 Å². The third-order valence-electron chi connectivity index (χ3n) is 0.753. The summed E-state index contributed by atoms with van der Waals surface area (Å²) in [6, 6.07) is 0. The molecule has 3 nitrogen and oxygen atoms in total. The van der Waals surface area contributed by atoms with Gasteiger partial charge in [-0.05, 0) is 6.92 Å². The van der Waals surface area contributed by atoms with E-state index in [1.165, 1.54) is 7.11 Å². The maximum Gasteiger partial charge on any atom is 0.190 e. The fourth-order valence-electron chi connectivity index (χ4n) is 0.285. The minimum absolute atomic E-state index is 0.0585. The molecule has 0 aromatic rings. The first-order valence-electron chi connectivity index (χ1n) is 2.39. The van der Waals surface area contributed by atoms with Gasteiger partial charge in [-0.15, -0.1) is 0 Å². The van der Waals surface area contributed by atoms with Crippen LogP contribution in [-0.4, -0.2) is 23.9 Å². The zero-order valence-corrected chi connectivity index (χ0v) is 6.93. The van der Waals surface area contributed by atoms with Crippen LogP contribution in [0.25, 0.3) is 0 Å². The molecule has 0 N–H and O–H groups in total. The normalized spacial score (nSPS) is 11.2. The molecule has 0 aliphatic heterocycles. The monoisotopic (exact) mass is 193 g/mol. The number of carbonyl (C=O) groups is 1. The third kappa shape index (κ3) is 3.24. The summed E-state index contributed by atoms with van der Waals surface area (Å²) in [7, 11) is 1.41. The SMILES string of the molecule is CO/N=C(/C)C(=O)CBr. The fourth-order valence-corrected chi connectivity index (χ4v) is 0.690. The van der Waals surface area contributed by atoms with E-state index in [0.29, 0.717) is 11.0 Å². The first kappa shape index (κ1) is 8.62. The fraction of sp³-hybridized carbons (Fsp3) is 0.600. The summed E-state index contributed by atoms with van der Waals surface area (Å²) in [6.07, 6.45) is 0. The largest absolute Gasteiger partial charge is 0.399 e. The summed E-state index contributed by atoms with van der Waals surface area (Å²) >= 11 is 3.00. The van der Waals surface area contributed by atoms with Crippen molar-refractivity contribution in [3.05, 3.63) is 0 Å². The quantitative estimate of drug-likeness (QED) is 0.381. The molecule has 0 amide bonds. The minimum atomic E-state index is -0.0585. The Morgan fingerprint density at radius 1 is 1.78 bits per heavy atom. The van der Waals surface area contributed by atoms with Crippen molar-refractivity contribution in [1.82, 2.24) is 0 Å². The predicted octanol–water partition coefficient (Wildman–Crippen LogP) is 0.973. The number of ketones is 1. The van der Waals surface area contributed by atoms with E-state index < -0.39 is 0 Å². The van der Waals surface area contributed by atoms with Gasteiger partial charge in [0.05, 0.1) is 5.33 Å². The Kier molecular flexibility index (Phi) is 4.30. The zero-order chi connectivity index (χ0) is 7.28. The summed E-state index contributed by atoms with van der Waals surface area (Å²) in [5.74, 6) is -0.0585. The van der Waals surface area contributed by atoms with Gasteiger partial charge < -0.3 is 4.84 Å². The summed E-state index contributed by atoms with van der Waals surface area (Å²) in [5.41, 5.74) is 0.384. The third-order valence-corrected chi connectivity index (χ3v) is 1.26. The summed E-state index contributed by atoms with van der Waals surface area (Å²) < 4.78 is 0. The predicted molar refractivity (Wildman–Crippen MR) is 38.9 cm³/mol. The van der Waals surface area contributed by atoms with Gasteiger partial charge in [-0.3, -0.25) is 4.79 Å². The van der Waals surface area contributed by atoms with E-state index in [1.54, 1.807) is 6.92 Å². The van der Waals surface area contributed by atoms with Gasteiger partial charge in [0.25, 0.3) is 0 Å². The highest BCUT2D eigenvalue weighted by Gasteiger charge is 2.02. The Morgan fingerprint density at radius 3 is 2.67 bits per heavy atom. The molecule has 0 bridgehead atoms. The summed E-state index contributed by atoms with van der Waals surface area (Å²) in [5, 5.41) is 3.73. The molecule has 0 atom stereocenters. The number of halogens is 1. The highest BCUT2D eigenvalue weighted by Crippen LogP contribution is 1.86. The molecular weight excluding hydrogens is 186 g/mol. The first-order valence-corrected chi connectivity index (χ1v) is 3.51. The molecule has 0 radical (unpaired) electrons. The second kappa shape index (κ2) is 4.49. The van der Waals surface area contributed by atoms with Crippen molar-refractivity contribution < 1.29 is 9.63 Å². The Hall–Kier alpha value is -0.380. The molecule has 0 saturated carbocycles. The van der Waals surface area contributed by atoms with Crippen LogP contribution in [0.1, 0.15) is 6.92 Å². The van der Waals surface area contributed by atoms with E-state index in [4.69, 9.17) is 0 Å². The van der Waals surface area contributed by atoms with Crippen LogP contribution in [0.3, 0.4) is 0 Å². The maximum absolute atomic E-state index is 10.6. The number of nitrogens with zero attached hydrogens (tertiary/aromatic N) is 1. The molecule has 52 valence electrons. The van der Waals surface area contributed by atoms with Crippen LogP contribution in [0.15, 0.2) is 5.16 Å². The summed E-state index contributed by atoms with van der Waals surface area (Å²) in [6.45, 7) is 1.60. The van der Waals surface area contributed by atoms with Crippen molar-refractivity contribution in [2.24, 2.45) is 5.16 Å². The van der Waals surface area contributed by atoms with Crippen LogP contribution >= 0.6 is 15.9 Å². The smallest absolute Gasteiger partial charge is 0.190 e. The second-order valence-corrected chi connectivity index (χ2v) is 1.98. The van der Waals surface area contributed by atoms with E-state index >= 15 is 0 Å². The molecule has 0 unspecified atom stereocenters. The molecule has 0 aliphatic carbocycles. The molecule has 0 spiro atoms. The van der Waals surface area contributed by atoms with E-state index in [2.05, 4.69) is 25.9 Å². The van der Waals surface area contributed by atoms with Crippen molar-refractivity contribution in [3.8, 4) is 0 Å². The Bertz CT molecular complexity index is 133. The Balaban J connectivity index is 3.86. The van der Waals surface area contributed by atoms with Gasteiger partial charge in [-0.1, -0.05) is 21.1 Å². The second-order valence-electron chi connectivity index (χ2n) is 1.42. The lowest BCUT2D eigenvalue weighted by atomic mass is 10.3. The first-order chi connectivity index (χ1) is 4.22. The van der Waals surface area contributed by atoms with Crippen LogP contribution in [0, 0.1) is 0 Å². The number of Topliss-reactive ketones (excluding diaryl/α,β-unsaturated/α-hetero) is 1. The van der Waals surface area contributed by atoms with Gasteiger partial charge in [0.1, 0.15) is 12.8 Å². The molecule has 0 heterocycles. The molecule has 0 saturated heterocycles. The van der Waals surface area contributed by atoms with E-state index in [9.17, 15) is 4.79 Å². The number of hydrogen-bond donors (Lipinski definition) is 0. The van der Waals surface area contributed by atoms with Crippen LogP contribution < -0.4 is 0 Å². The topological polar surface area (TPSA) is 38.7 Å². The van der Waals surface area contributed by atoms with Gasteiger partial charge in [-0.2, -0.15) is 0 Å². The highest BCUT2D eigenvalue weighted by molar-refractivity contribution is 9.09. The Labute approximate surface area is 62.2 Å². The Morgan fingerprint density at radius 2 is 2.33 bits per heavy atom. The van der Waals surface area contributed by atoms with E-state index in [-0.39, 0.29) is 5.78 Å². The van der Waals surface area contributed by atoms with Gasteiger partial charge in [0, 0.05) is 0 Å². The maximum atomic E-state index is 10.6. The average molecular weight is 194 g/mol. The van der Waals surface area contributed by atoms with Gasteiger partial charge in [0.15, 0.2) is 5.78 Å². The van der Waals surface area contributed by atoms with Crippen LogP contribution in [0.4, 0.5) is 0 Å². The molecule has 0 aromatic carbocycles. The zero-order valence-electron chi connectivity index (χ0n) is 5.35. The molecule has 4 heteroatoms. The lowest BCUT2D eigenvalue weighted by molar-refractivity contribution is -0.110. The number of rotatable bonds is 3. The van der Waals surface area contributed by atoms with Crippen molar-refractivity contribution in [1.29, 1.82) is 0 Å². The van der Waals surface area contributed by atoms with Crippen LogP contribution in [0.5, 0.6) is 0 Å². The average Bonchev–Trinajstić information content (AvgIpc) is 1.87. The minimum Gasteiger partial charge on any atom is -0.399 e. The summed E-state index contributed by atoms with van der Waals surface area (Å²) in [4.78, 5) is 15.0. The molecule has 0 aromatic heterocycles. The number of carbonyl (C=O) groups excluding carboxylic acids is 1. The highest BCUT2D eigenvalue weighted by atomic mass is 79.9. The van der Waals surface area contributed by atoms with Gasteiger partial charge >= 0.3 is 0 Å². The van der Waals surface area contributed by atoms with Crippen LogP contribution in [-0.2, 0) is 9.63 Å². The molecular formula is C5H8BrNO2. The molecule has 0 fully saturated rings. The standard InChI is InChI=1S/C5H8BrNO2/c1-4(7-9-2)5(8)3-6/h3H2,1-2H3/b7-4-.